The molecule has 114 valence electrons. The quantitative estimate of drug-likeness (QED) is 0.504. The zero-order valence-electron chi connectivity index (χ0n) is 11.8. The van der Waals surface area contributed by atoms with Crippen LogP contribution in [-0.2, 0) is 6.42 Å². The maximum absolute atomic E-state index is 13.1. The third-order valence-electron chi connectivity index (χ3n) is 3.02. The molecule has 2 aromatic rings. The summed E-state index contributed by atoms with van der Waals surface area (Å²) in [6, 6.07) is 10.9. The lowest BCUT2D eigenvalue weighted by Gasteiger charge is -2.11. The highest BCUT2D eigenvalue weighted by atomic mass is 32.1. The molecule has 0 fully saturated rings. The summed E-state index contributed by atoms with van der Waals surface area (Å²) >= 11 is 5.12. The fourth-order valence-corrected chi connectivity index (χ4v) is 2.10. The highest BCUT2D eigenvalue weighted by Crippen LogP contribution is 2.25. The van der Waals surface area contributed by atoms with E-state index in [2.05, 4.69) is 17.6 Å². The van der Waals surface area contributed by atoms with E-state index in [0.717, 1.165) is 24.2 Å². The van der Waals surface area contributed by atoms with Gasteiger partial charge in [0.15, 0.2) is 5.11 Å². The van der Waals surface area contributed by atoms with Crippen LogP contribution in [0.15, 0.2) is 42.5 Å². The Morgan fingerprint density at radius 3 is 2.50 bits per heavy atom. The average Bonchev–Trinajstić information content (AvgIpc) is 2.49. The monoisotopic (exact) mass is 319 g/mol. The predicted octanol–water partition coefficient (Wildman–Crippen LogP) is 4.11. The van der Waals surface area contributed by atoms with E-state index in [-0.39, 0.29) is 16.5 Å². The molecule has 0 atom stereocenters. The van der Waals surface area contributed by atoms with Crippen LogP contribution in [0.5, 0.6) is 0 Å². The first kappa shape index (κ1) is 15.8. The number of anilines is 2. The molecular weight excluding hydrogens is 305 g/mol. The number of rotatable bonds is 4. The average molecular weight is 319 g/mol. The van der Waals surface area contributed by atoms with Crippen molar-refractivity contribution in [2.75, 3.05) is 10.6 Å². The zero-order chi connectivity index (χ0) is 16.1. The molecule has 22 heavy (non-hydrogen) atoms. The van der Waals surface area contributed by atoms with E-state index >= 15 is 0 Å². The van der Waals surface area contributed by atoms with Gasteiger partial charge in [0, 0.05) is 5.69 Å². The lowest BCUT2D eigenvalue weighted by atomic mass is 10.1. The van der Waals surface area contributed by atoms with Crippen molar-refractivity contribution >= 4 is 34.4 Å². The topological polar surface area (TPSA) is 67.2 Å². The molecular formula is C15H14FN3O2S. The van der Waals surface area contributed by atoms with Crippen molar-refractivity contribution < 1.29 is 9.31 Å². The standard InChI is InChI=1S/C15H14FN3O2S/c1-2-10-3-6-12(7-4-10)17-15(22)18-13-8-5-11(16)9-14(13)19(20)21/h3-9H,2H2,1H3,(H2,17,18,22). The first-order valence-electron chi connectivity index (χ1n) is 6.60. The van der Waals surface area contributed by atoms with Gasteiger partial charge in [-0.15, -0.1) is 0 Å². The first-order chi connectivity index (χ1) is 10.5. The Hall–Kier alpha value is -2.54. The van der Waals surface area contributed by atoms with Gasteiger partial charge in [-0.1, -0.05) is 19.1 Å². The largest absolute Gasteiger partial charge is 0.332 e. The summed E-state index contributed by atoms with van der Waals surface area (Å²) in [6.45, 7) is 2.06. The van der Waals surface area contributed by atoms with Crippen LogP contribution in [0, 0.1) is 15.9 Å². The number of hydrogen-bond acceptors (Lipinski definition) is 3. The van der Waals surface area contributed by atoms with Gasteiger partial charge in [-0.2, -0.15) is 0 Å². The number of hydrogen-bond donors (Lipinski definition) is 2. The molecule has 0 aliphatic carbocycles. The maximum atomic E-state index is 13.1. The summed E-state index contributed by atoms with van der Waals surface area (Å²) in [5.74, 6) is -0.675. The number of nitrogens with one attached hydrogen (secondary N) is 2. The van der Waals surface area contributed by atoms with Crippen LogP contribution in [0.4, 0.5) is 21.5 Å². The van der Waals surface area contributed by atoms with Crippen LogP contribution in [0.2, 0.25) is 0 Å². The summed E-state index contributed by atoms with van der Waals surface area (Å²) in [5.41, 5.74) is 1.72. The molecule has 7 heteroatoms. The Balaban J connectivity index is 2.10. The minimum atomic E-state index is -0.675. The highest BCUT2D eigenvalue weighted by Gasteiger charge is 2.15. The van der Waals surface area contributed by atoms with Crippen molar-refractivity contribution in [3.63, 3.8) is 0 Å². The summed E-state index contributed by atoms with van der Waals surface area (Å²) in [4.78, 5) is 10.3. The molecule has 0 heterocycles. The first-order valence-corrected chi connectivity index (χ1v) is 7.01. The van der Waals surface area contributed by atoms with E-state index in [4.69, 9.17) is 12.2 Å². The molecule has 0 aliphatic rings. The smallest absolute Gasteiger partial charge is 0.295 e. The lowest BCUT2D eigenvalue weighted by Crippen LogP contribution is -2.19. The molecule has 0 saturated carbocycles. The van der Waals surface area contributed by atoms with Crippen molar-refractivity contribution in [1.29, 1.82) is 0 Å². The molecule has 2 aromatic carbocycles. The molecule has 0 aromatic heterocycles. The predicted molar refractivity (Wildman–Crippen MR) is 88.7 cm³/mol. The van der Waals surface area contributed by atoms with Gasteiger partial charge in [0.05, 0.1) is 11.0 Å². The second kappa shape index (κ2) is 6.95. The van der Waals surface area contributed by atoms with Crippen molar-refractivity contribution in [2.24, 2.45) is 0 Å². The number of nitro benzene ring substituents is 1. The van der Waals surface area contributed by atoms with Crippen LogP contribution in [0.25, 0.3) is 0 Å². The number of thiocarbonyl (C=S) groups is 1. The Morgan fingerprint density at radius 2 is 1.91 bits per heavy atom. The summed E-state index contributed by atoms with van der Waals surface area (Å²) in [7, 11) is 0. The van der Waals surface area contributed by atoms with Gasteiger partial charge in [0.1, 0.15) is 11.5 Å². The molecule has 0 amide bonds. The molecule has 0 aliphatic heterocycles. The van der Waals surface area contributed by atoms with Gasteiger partial charge >= 0.3 is 0 Å². The Morgan fingerprint density at radius 1 is 1.23 bits per heavy atom. The molecule has 2 N–H and O–H groups in total. The number of aryl methyl sites for hydroxylation is 1. The molecule has 0 spiro atoms. The van der Waals surface area contributed by atoms with Crippen molar-refractivity contribution in [1.82, 2.24) is 0 Å². The van der Waals surface area contributed by atoms with Gasteiger partial charge in [0.25, 0.3) is 5.69 Å². The van der Waals surface area contributed by atoms with Crippen LogP contribution < -0.4 is 10.6 Å². The van der Waals surface area contributed by atoms with Crippen LogP contribution >= 0.6 is 12.2 Å². The summed E-state index contributed by atoms with van der Waals surface area (Å²) < 4.78 is 13.1. The Labute approximate surface area is 132 Å². The normalized spacial score (nSPS) is 10.1. The van der Waals surface area contributed by atoms with Gasteiger partial charge in [-0.3, -0.25) is 10.1 Å². The van der Waals surface area contributed by atoms with E-state index in [9.17, 15) is 14.5 Å². The zero-order valence-corrected chi connectivity index (χ0v) is 12.6. The van der Waals surface area contributed by atoms with E-state index < -0.39 is 10.7 Å². The summed E-state index contributed by atoms with van der Waals surface area (Å²) in [5, 5.41) is 16.7. The van der Waals surface area contributed by atoms with Crippen molar-refractivity contribution in [3.8, 4) is 0 Å². The molecule has 0 saturated heterocycles. The molecule has 0 radical (unpaired) electrons. The Bertz CT molecular complexity index is 704. The summed E-state index contributed by atoms with van der Waals surface area (Å²) in [6.07, 6.45) is 0.935. The van der Waals surface area contributed by atoms with Gasteiger partial charge < -0.3 is 10.6 Å². The van der Waals surface area contributed by atoms with E-state index in [1.54, 1.807) is 0 Å². The highest BCUT2D eigenvalue weighted by molar-refractivity contribution is 7.80. The molecule has 5 nitrogen and oxygen atoms in total. The molecule has 0 unspecified atom stereocenters. The van der Waals surface area contributed by atoms with Gasteiger partial charge in [-0.05, 0) is 48.5 Å². The van der Waals surface area contributed by atoms with E-state index in [1.807, 2.05) is 24.3 Å². The molecule has 0 bridgehead atoms. The van der Waals surface area contributed by atoms with E-state index in [0.29, 0.717) is 0 Å². The second-order valence-corrected chi connectivity index (χ2v) is 4.96. The van der Waals surface area contributed by atoms with Gasteiger partial charge in [-0.25, -0.2) is 4.39 Å². The van der Waals surface area contributed by atoms with Crippen LogP contribution in [0.3, 0.4) is 0 Å². The Kier molecular flexibility index (Phi) is 5.00. The fraction of sp³-hybridized carbons (Fsp3) is 0.133. The van der Waals surface area contributed by atoms with Crippen molar-refractivity contribution in [2.45, 2.75) is 13.3 Å². The van der Waals surface area contributed by atoms with Crippen molar-refractivity contribution in [3.05, 3.63) is 64.0 Å². The van der Waals surface area contributed by atoms with Crippen LogP contribution in [0.1, 0.15) is 12.5 Å². The molecule has 2 rings (SSSR count). The lowest BCUT2D eigenvalue weighted by molar-refractivity contribution is -0.384. The number of nitrogens with zero attached hydrogens (tertiary/aromatic N) is 1. The SMILES string of the molecule is CCc1ccc(NC(=S)Nc2ccc(F)cc2[N+](=O)[O-])cc1. The van der Waals surface area contributed by atoms with E-state index in [1.165, 1.54) is 11.6 Å². The maximum Gasteiger partial charge on any atom is 0.295 e. The minimum Gasteiger partial charge on any atom is -0.332 e. The third kappa shape index (κ3) is 3.98. The number of benzene rings is 2. The second-order valence-electron chi connectivity index (χ2n) is 4.55. The fourth-order valence-electron chi connectivity index (χ4n) is 1.87. The number of nitro groups is 1. The van der Waals surface area contributed by atoms with Gasteiger partial charge in [0.2, 0.25) is 0 Å². The number of halogens is 1. The minimum absolute atomic E-state index is 0.133. The van der Waals surface area contributed by atoms with Crippen LogP contribution in [-0.4, -0.2) is 10.0 Å². The third-order valence-corrected chi connectivity index (χ3v) is 3.23.